The summed E-state index contributed by atoms with van der Waals surface area (Å²) in [6.07, 6.45) is 1.13. The molecule has 0 saturated carbocycles. The van der Waals surface area contributed by atoms with Gasteiger partial charge in [-0.3, -0.25) is 4.90 Å². The highest BCUT2D eigenvalue weighted by molar-refractivity contribution is 7.92. The number of nitrogens with two attached hydrogens (primary N) is 1. The summed E-state index contributed by atoms with van der Waals surface area (Å²) in [4.78, 5) is 2.28. The molecular weight excluding hydrogens is 188 g/mol. The third-order valence-electron chi connectivity index (χ3n) is 3.06. The quantitative estimate of drug-likeness (QED) is 0.631. The van der Waals surface area contributed by atoms with E-state index in [1.807, 2.05) is 0 Å². The maximum absolute atomic E-state index is 11.0. The van der Waals surface area contributed by atoms with E-state index in [-0.39, 0.29) is 0 Å². The maximum Gasteiger partial charge on any atom is 0.153 e. The van der Waals surface area contributed by atoms with Gasteiger partial charge in [0.25, 0.3) is 0 Å². The van der Waals surface area contributed by atoms with Crippen LogP contribution >= 0.6 is 0 Å². The molecule has 2 heterocycles. The van der Waals surface area contributed by atoms with Gasteiger partial charge in [-0.2, -0.15) is 0 Å². The molecule has 0 bridgehead atoms. The van der Waals surface area contributed by atoms with Crippen LogP contribution < -0.4 is 5.73 Å². The van der Waals surface area contributed by atoms with E-state index in [9.17, 15) is 8.42 Å². The molecule has 1 unspecified atom stereocenters. The van der Waals surface area contributed by atoms with Crippen LogP contribution in [0.3, 0.4) is 0 Å². The molecule has 5 heteroatoms. The Labute approximate surface area is 79.0 Å². The van der Waals surface area contributed by atoms with Crippen molar-refractivity contribution in [3.63, 3.8) is 0 Å². The largest absolute Gasteiger partial charge is 0.330 e. The number of sulfone groups is 1. The van der Waals surface area contributed by atoms with Gasteiger partial charge in [0.1, 0.15) is 0 Å². The van der Waals surface area contributed by atoms with Crippen LogP contribution in [0, 0.1) is 5.92 Å². The molecular formula is C8H16N2O2S. The lowest BCUT2D eigenvalue weighted by Crippen LogP contribution is -2.52. The van der Waals surface area contributed by atoms with Crippen LogP contribution in [0.4, 0.5) is 0 Å². The predicted molar refractivity (Wildman–Crippen MR) is 51.2 cm³/mol. The molecule has 4 nitrogen and oxygen atoms in total. The second-order valence-electron chi connectivity index (χ2n) is 4.12. The zero-order valence-electron chi connectivity index (χ0n) is 7.65. The Morgan fingerprint density at radius 2 is 2.08 bits per heavy atom. The number of hydrogen-bond acceptors (Lipinski definition) is 4. The second-order valence-corrected chi connectivity index (χ2v) is 6.27. The lowest BCUT2D eigenvalue weighted by molar-refractivity contribution is 0.255. The van der Waals surface area contributed by atoms with Gasteiger partial charge >= 0.3 is 0 Å². The van der Waals surface area contributed by atoms with Gasteiger partial charge in [-0.25, -0.2) is 8.42 Å². The molecule has 2 saturated heterocycles. The molecule has 2 N–H and O–H groups in total. The van der Waals surface area contributed by atoms with Crippen molar-refractivity contribution in [3.8, 4) is 0 Å². The summed E-state index contributed by atoms with van der Waals surface area (Å²) >= 11 is 0. The summed E-state index contributed by atoms with van der Waals surface area (Å²) in [5.74, 6) is 1.32. The SMILES string of the molecule is NCC1CCN(C2CS(=O)(=O)C2)C1. The molecule has 2 aliphatic heterocycles. The lowest BCUT2D eigenvalue weighted by atomic mass is 10.1. The molecule has 0 amide bonds. The zero-order chi connectivity index (χ0) is 9.47. The van der Waals surface area contributed by atoms with Crippen molar-refractivity contribution in [2.24, 2.45) is 11.7 Å². The molecule has 0 aromatic heterocycles. The average molecular weight is 204 g/mol. The van der Waals surface area contributed by atoms with E-state index >= 15 is 0 Å². The van der Waals surface area contributed by atoms with Crippen molar-refractivity contribution in [1.29, 1.82) is 0 Å². The molecule has 0 radical (unpaired) electrons. The maximum atomic E-state index is 11.0. The number of rotatable bonds is 2. The molecule has 13 heavy (non-hydrogen) atoms. The minimum Gasteiger partial charge on any atom is -0.330 e. The molecule has 2 fully saturated rings. The minimum atomic E-state index is -2.67. The molecule has 2 rings (SSSR count). The van der Waals surface area contributed by atoms with Crippen molar-refractivity contribution < 1.29 is 8.42 Å². The fourth-order valence-corrected chi connectivity index (χ4v) is 3.63. The molecule has 2 aliphatic rings. The Bertz CT molecular complexity index is 277. The lowest BCUT2D eigenvalue weighted by Gasteiger charge is -2.34. The Morgan fingerprint density at radius 3 is 2.54 bits per heavy atom. The highest BCUT2D eigenvalue weighted by Crippen LogP contribution is 2.24. The Balaban J connectivity index is 1.85. The van der Waals surface area contributed by atoms with Crippen LogP contribution in [0.2, 0.25) is 0 Å². The second kappa shape index (κ2) is 3.22. The van der Waals surface area contributed by atoms with Gasteiger partial charge in [0.2, 0.25) is 0 Å². The van der Waals surface area contributed by atoms with Gasteiger partial charge in [0, 0.05) is 12.6 Å². The van der Waals surface area contributed by atoms with E-state index in [0.717, 1.165) is 26.1 Å². The number of likely N-dealkylation sites (tertiary alicyclic amines) is 1. The van der Waals surface area contributed by atoms with Gasteiger partial charge in [0.15, 0.2) is 9.84 Å². The Kier molecular flexibility index (Phi) is 2.33. The van der Waals surface area contributed by atoms with Gasteiger partial charge in [-0.15, -0.1) is 0 Å². The smallest absolute Gasteiger partial charge is 0.153 e. The highest BCUT2D eigenvalue weighted by atomic mass is 32.2. The van der Waals surface area contributed by atoms with E-state index in [4.69, 9.17) is 5.73 Å². The average Bonchev–Trinajstić information content (AvgIpc) is 2.47. The zero-order valence-corrected chi connectivity index (χ0v) is 8.46. The number of nitrogens with zero attached hydrogens (tertiary/aromatic N) is 1. The van der Waals surface area contributed by atoms with Crippen LogP contribution in [-0.2, 0) is 9.84 Å². The Morgan fingerprint density at radius 1 is 1.38 bits per heavy atom. The minimum absolute atomic E-state index is 0.293. The molecule has 0 aromatic rings. The summed E-state index contributed by atoms with van der Waals surface area (Å²) in [6.45, 7) is 2.76. The summed E-state index contributed by atoms with van der Waals surface area (Å²) in [5, 5.41) is 0. The van der Waals surface area contributed by atoms with Gasteiger partial charge < -0.3 is 5.73 Å². The summed E-state index contributed by atoms with van der Waals surface area (Å²) < 4.78 is 21.9. The third kappa shape index (κ3) is 1.87. The first kappa shape index (κ1) is 9.43. The molecule has 0 spiro atoms. The monoisotopic (exact) mass is 204 g/mol. The van der Waals surface area contributed by atoms with E-state index in [0.29, 0.717) is 23.5 Å². The van der Waals surface area contributed by atoms with Crippen molar-refractivity contribution in [1.82, 2.24) is 4.90 Å². The molecule has 76 valence electrons. The highest BCUT2D eigenvalue weighted by Gasteiger charge is 2.39. The van der Waals surface area contributed by atoms with Crippen LogP contribution in [0.25, 0.3) is 0 Å². The Hall–Kier alpha value is -0.130. The van der Waals surface area contributed by atoms with Crippen molar-refractivity contribution >= 4 is 9.84 Å². The first-order valence-electron chi connectivity index (χ1n) is 4.75. The van der Waals surface area contributed by atoms with Crippen LogP contribution in [-0.4, -0.2) is 50.5 Å². The van der Waals surface area contributed by atoms with Crippen LogP contribution in [0.15, 0.2) is 0 Å². The van der Waals surface area contributed by atoms with Crippen LogP contribution in [0.5, 0.6) is 0 Å². The van der Waals surface area contributed by atoms with Gasteiger partial charge in [0.05, 0.1) is 11.5 Å². The molecule has 0 aliphatic carbocycles. The standard InChI is InChI=1S/C8H16N2O2S/c9-3-7-1-2-10(4-7)8-5-13(11,12)6-8/h7-8H,1-6,9H2. The molecule has 0 aromatic carbocycles. The van der Waals surface area contributed by atoms with E-state index in [1.165, 1.54) is 0 Å². The van der Waals surface area contributed by atoms with E-state index in [2.05, 4.69) is 4.90 Å². The van der Waals surface area contributed by atoms with Gasteiger partial charge in [-0.05, 0) is 25.4 Å². The summed E-state index contributed by atoms with van der Waals surface area (Å²) in [5.41, 5.74) is 5.56. The van der Waals surface area contributed by atoms with Crippen molar-refractivity contribution in [3.05, 3.63) is 0 Å². The summed E-state index contributed by atoms with van der Waals surface area (Å²) in [7, 11) is -2.67. The summed E-state index contributed by atoms with van der Waals surface area (Å²) in [6, 6.07) is 0.293. The number of hydrogen-bond donors (Lipinski definition) is 1. The van der Waals surface area contributed by atoms with E-state index < -0.39 is 9.84 Å². The molecule has 1 atom stereocenters. The predicted octanol–water partition coefficient (Wildman–Crippen LogP) is -0.936. The fraction of sp³-hybridized carbons (Fsp3) is 1.00. The van der Waals surface area contributed by atoms with E-state index in [1.54, 1.807) is 0 Å². The van der Waals surface area contributed by atoms with Crippen LogP contribution in [0.1, 0.15) is 6.42 Å². The van der Waals surface area contributed by atoms with Gasteiger partial charge in [-0.1, -0.05) is 0 Å². The first-order valence-corrected chi connectivity index (χ1v) is 6.57. The fourth-order valence-electron chi connectivity index (χ4n) is 2.13. The topological polar surface area (TPSA) is 63.4 Å². The first-order chi connectivity index (χ1) is 6.11. The van der Waals surface area contributed by atoms with Crippen molar-refractivity contribution in [2.45, 2.75) is 12.5 Å². The normalized spacial score (nSPS) is 34.7. The third-order valence-corrected chi connectivity index (χ3v) is 4.84. The van der Waals surface area contributed by atoms with Crippen molar-refractivity contribution in [2.75, 3.05) is 31.1 Å².